The van der Waals surface area contributed by atoms with Crippen LogP contribution < -0.4 is 0 Å². The Morgan fingerprint density at radius 3 is 1.00 bits per heavy atom. The molecule has 6 heteroatoms. The van der Waals surface area contributed by atoms with Crippen LogP contribution in [0.5, 0.6) is 0 Å². The molecule has 0 aromatic rings. The van der Waals surface area contributed by atoms with Crippen molar-refractivity contribution in [1.29, 1.82) is 0 Å². The Balaban J connectivity index is 1.70. The predicted molar refractivity (Wildman–Crippen MR) is 89.6 cm³/mol. The van der Waals surface area contributed by atoms with Crippen LogP contribution in [0.4, 0.5) is 0 Å². The lowest BCUT2D eigenvalue weighted by Crippen LogP contribution is -2.28. The van der Waals surface area contributed by atoms with Gasteiger partial charge in [-0.3, -0.25) is 0 Å². The highest BCUT2D eigenvalue weighted by Gasteiger charge is 2.41. The Bertz CT molecular complexity index is 179. The molecule has 3 aliphatic rings. The van der Waals surface area contributed by atoms with E-state index in [1.807, 2.05) is 0 Å². The summed E-state index contributed by atoms with van der Waals surface area (Å²) in [6.45, 7) is 0. The summed E-state index contributed by atoms with van der Waals surface area (Å²) in [7, 11) is 0. The molecule has 16 heavy (non-hydrogen) atoms. The van der Waals surface area contributed by atoms with Crippen molar-refractivity contribution in [2.24, 2.45) is 5.92 Å². The third kappa shape index (κ3) is 2.98. The van der Waals surface area contributed by atoms with E-state index < -0.39 is 0 Å². The van der Waals surface area contributed by atoms with Gasteiger partial charge in [-0.25, -0.2) is 0 Å². The van der Waals surface area contributed by atoms with Gasteiger partial charge in [0.25, 0.3) is 0 Å². The fourth-order valence-electron chi connectivity index (χ4n) is 2.18. The van der Waals surface area contributed by atoms with Crippen LogP contribution in [0.1, 0.15) is 0 Å². The van der Waals surface area contributed by atoms with Gasteiger partial charge in [0.2, 0.25) is 0 Å². The average molecular weight is 329 g/mol. The second-order valence-corrected chi connectivity index (χ2v) is 12.3. The lowest BCUT2D eigenvalue weighted by Gasteiger charge is -2.31. The topological polar surface area (TPSA) is 0 Å². The van der Waals surface area contributed by atoms with Crippen molar-refractivity contribution >= 4 is 70.6 Å². The van der Waals surface area contributed by atoms with E-state index in [9.17, 15) is 0 Å². The summed E-state index contributed by atoms with van der Waals surface area (Å²) < 4.78 is 2.68. The quantitative estimate of drug-likeness (QED) is 0.762. The van der Waals surface area contributed by atoms with Crippen molar-refractivity contribution in [2.45, 2.75) is 13.7 Å². The lowest BCUT2D eigenvalue weighted by molar-refractivity contribution is 0.699. The van der Waals surface area contributed by atoms with E-state index in [2.05, 4.69) is 70.6 Å². The molecule has 0 aliphatic carbocycles. The zero-order valence-corrected chi connectivity index (χ0v) is 13.9. The molecular weight excluding hydrogens is 313 g/mol. The van der Waals surface area contributed by atoms with E-state index in [4.69, 9.17) is 0 Å². The SMILES string of the molecule is C1CSC(C(C2SCCS2)C2SCCS2)S1. The molecule has 0 radical (unpaired) electrons. The molecule has 3 saturated heterocycles. The molecule has 0 atom stereocenters. The first kappa shape index (κ1) is 13.1. The number of hydrogen-bond donors (Lipinski definition) is 0. The van der Waals surface area contributed by atoms with Crippen LogP contribution in [0.2, 0.25) is 0 Å². The highest BCUT2D eigenvalue weighted by Crippen LogP contribution is 2.54. The third-order valence-corrected chi connectivity index (χ3v) is 12.6. The zero-order valence-electron chi connectivity index (χ0n) is 9.00. The summed E-state index contributed by atoms with van der Waals surface area (Å²) in [5, 5.41) is 0. The molecule has 0 amide bonds. The number of thioether (sulfide) groups is 6. The summed E-state index contributed by atoms with van der Waals surface area (Å²) in [5.74, 6) is 9.25. The predicted octanol–water partition coefficient (Wildman–Crippen LogP) is 4.02. The van der Waals surface area contributed by atoms with Gasteiger partial charge < -0.3 is 0 Å². The Kier molecular flexibility index (Phi) is 5.33. The molecule has 0 nitrogen and oxygen atoms in total. The van der Waals surface area contributed by atoms with Gasteiger partial charge >= 0.3 is 0 Å². The van der Waals surface area contributed by atoms with Crippen LogP contribution in [0, 0.1) is 5.92 Å². The molecular formula is C10H16S6. The highest BCUT2D eigenvalue weighted by molar-refractivity contribution is 8.23. The van der Waals surface area contributed by atoms with Crippen LogP contribution in [0.3, 0.4) is 0 Å². The third-order valence-electron chi connectivity index (χ3n) is 2.89. The van der Waals surface area contributed by atoms with E-state index in [0.29, 0.717) is 0 Å². The Hall–Kier alpha value is 2.10. The van der Waals surface area contributed by atoms with E-state index in [1.54, 1.807) is 0 Å². The van der Waals surface area contributed by atoms with Crippen molar-refractivity contribution in [3.05, 3.63) is 0 Å². The van der Waals surface area contributed by atoms with E-state index >= 15 is 0 Å². The Labute approximate surface area is 124 Å². The number of rotatable bonds is 3. The average Bonchev–Trinajstić information content (AvgIpc) is 3.02. The van der Waals surface area contributed by atoms with Gasteiger partial charge in [-0.2, -0.15) is 0 Å². The molecule has 92 valence electrons. The summed E-state index contributed by atoms with van der Waals surface area (Å²) >= 11 is 13.4. The molecule has 0 unspecified atom stereocenters. The molecule has 0 spiro atoms. The minimum absolute atomic E-state index is 0.895. The van der Waals surface area contributed by atoms with Crippen molar-refractivity contribution in [2.75, 3.05) is 34.5 Å². The smallest absolute Gasteiger partial charge is 0.0568 e. The van der Waals surface area contributed by atoms with E-state index in [1.165, 1.54) is 34.5 Å². The Morgan fingerprint density at radius 1 is 0.500 bits per heavy atom. The lowest BCUT2D eigenvalue weighted by atomic mass is 10.2. The molecule has 3 aliphatic heterocycles. The van der Waals surface area contributed by atoms with Gasteiger partial charge in [0.05, 0.1) is 13.7 Å². The van der Waals surface area contributed by atoms with E-state index in [0.717, 1.165) is 19.7 Å². The minimum atomic E-state index is 0.895. The first-order valence-electron chi connectivity index (χ1n) is 5.65. The van der Waals surface area contributed by atoms with Crippen LogP contribution >= 0.6 is 70.6 Å². The van der Waals surface area contributed by atoms with Crippen LogP contribution in [-0.4, -0.2) is 48.3 Å². The molecule has 0 aromatic carbocycles. The second-order valence-electron chi connectivity index (χ2n) is 3.91. The maximum absolute atomic E-state index is 2.23. The molecule has 3 rings (SSSR count). The minimum Gasteiger partial charge on any atom is -0.146 e. The fourth-order valence-corrected chi connectivity index (χ4v) is 13.2. The van der Waals surface area contributed by atoms with Gasteiger partial charge in [-0.1, -0.05) is 0 Å². The summed E-state index contributed by atoms with van der Waals surface area (Å²) in [4.78, 5) is 0. The molecule has 0 aromatic heterocycles. The molecule has 3 heterocycles. The van der Waals surface area contributed by atoms with Gasteiger partial charge in [0.15, 0.2) is 0 Å². The monoisotopic (exact) mass is 328 g/mol. The van der Waals surface area contributed by atoms with Crippen molar-refractivity contribution < 1.29 is 0 Å². The van der Waals surface area contributed by atoms with Crippen LogP contribution in [0.15, 0.2) is 0 Å². The molecule has 0 N–H and O–H groups in total. The number of hydrogen-bond acceptors (Lipinski definition) is 6. The maximum atomic E-state index is 2.23. The summed E-state index contributed by atoms with van der Waals surface area (Å²) in [6.07, 6.45) is 0. The largest absolute Gasteiger partial charge is 0.146 e. The van der Waals surface area contributed by atoms with Gasteiger partial charge in [0, 0.05) is 40.4 Å². The Morgan fingerprint density at radius 2 is 0.750 bits per heavy atom. The zero-order chi connectivity index (χ0) is 10.8. The second kappa shape index (κ2) is 6.51. The fraction of sp³-hybridized carbons (Fsp3) is 1.00. The van der Waals surface area contributed by atoms with Gasteiger partial charge in [-0.05, 0) is 0 Å². The summed E-state index contributed by atoms with van der Waals surface area (Å²) in [6, 6.07) is 0. The standard InChI is InChI=1S/C10H16S6/c1-2-12-8(11-1)7(9-13-3-4-14-9)10-15-5-6-16-10/h7-10H,1-6H2. The van der Waals surface area contributed by atoms with Crippen LogP contribution in [-0.2, 0) is 0 Å². The van der Waals surface area contributed by atoms with Crippen molar-refractivity contribution in [1.82, 2.24) is 0 Å². The first-order chi connectivity index (χ1) is 7.95. The van der Waals surface area contributed by atoms with Crippen molar-refractivity contribution in [3.8, 4) is 0 Å². The first-order valence-corrected chi connectivity index (χ1v) is 11.9. The van der Waals surface area contributed by atoms with Gasteiger partial charge in [0.1, 0.15) is 0 Å². The van der Waals surface area contributed by atoms with Crippen molar-refractivity contribution in [3.63, 3.8) is 0 Å². The highest BCUT2D eigenvalue weighted by atomic mass is 32.2. The normalized spacial score (nSPS) is 29.8. The summed E-state index contributed by atoms with van der Waals surface area (Å²) in [5.41, 5.74) is 0. The van der Waals surface area contributed by atoms with Gasteiger partial charge in [-0.15, -0.1) is 70.6 Å². The van der Waals surface area contributed by atoms with E-state index in [-0.39, 0.29) is 0 Å². The molecule has 0 saturated carbocycles. The van der Waals surface area contributed by atoms with Crippen LogP contribution in [0.25, 0.3) is 0 Å². The molecule has 0 bridgehead atoms. The maximum Gasteiger partial charge on any atom is 0.0568 e. The molecule has 3 fully saturated rings.